The molecule has 0 aliphatic carbocycles. The summed E-state index contributed by atoms with van der Waals surface area (Å²) in [6.07, 6.45) is -3.01. The van der Waals surface area contributed by atoms with Crippen molar-refractivity contribution in [1.82, 2.24) is 3.97 Å². The van der Waals surface area contributed by atoms with Crippen LogP contribution >= 0.6 is 0 Å². The van der Waals surface area contributed by atoms with Gasteiger partial charge in [-0.2, -0.15) is 0 Å². The Morgan fingerprint density at radius 2 is 1.65 bits per heavy atom. The first-order valence-electron chi connectivity index (χ1n) is 6.72. The molecule has 3 rings (SSSR count). The lowest BCUT2D eigenvalue weighted by Gasteiger charge is -2.11. The van der Waals surface area contributed by atoms with Crippen molar-refractivity contribution in [2.45, 2.75) is 18.2 Å². The SMILES string of the molecule is Cc1ccc(S(=O)(=O)n2c(C(F)F)cc3cc(F)ccc32)cc1. The molecule has 0 fully saturated rings. The van der Waals surface area contributed by atoms with Gasteiger partial charge in [-0.15, -0.1) is 0 Å². The van der Waals surface area contributed by atoms with Crippen molar-refractivity contribution < 1.29 is 21.6 Å². The monoisotopic (exact) mass is 339 g/mol. The third kappa shape index (κ3) is 2.61. The summed E-state index contributed by atoms with van der Waals surface area (Å²) in [6, 6.07) is 10.1. The van der Waals surface area contributed by atoms with E-state index in [0.29, 0.717) is 3.97 Å². The van der Waals surface area contributed by atoms with E-state index in [9.17, 15) is 21.6 Å². The van der Waals surface area contributed by atoms with Gasteiger partial charge < -0.3 is 0 Å². The van der Waals surface area contributed by atoms with Gasteiger partial charge in [0, 0.05) is 5.39 Å². The molecule has 0 aliphatic rings. The van der Waals surface area contributed by atoms with Crippen LogP contribution in [0.4, 0.5) is 13.2 Å². The number of alkyl halides is 2. The van der Waals surface area contributed by atoms with Crippen LogP contribution in [0.2, 0.25) is 0 Å². The lowest BCUT2D eigenvalue weighted by Crippen LogP contribution is -2.16. The molecule has 0 atom stereocenters. The highest BCUT2D eigenvalue weighted by Gasteiger charge is 2.27. The topological polar surface area (TPSA) is 39.1 Å². The zero-order valence-corrected chi connectivity index (χ0v) is 12.8. The van der Waals surface area contributed by atoms with Crippen molar-refractivity contribution >= 4 is 20.9 Å². The summed E-state index contributed by atoms with van der Waals surface area (Å²) in [7, 11) is -4.21. The lowest BCUT2D eigenvalue weighted by molar-refractivity contribution is 0.145. The van der Waals surface area contributed by atoms with Crippen LogP contribution < -0.4 is 0 Å². The fourth-order valence-corrected chi connectivity index (χ4v) is 3.94. The van der Waals surface area contributed by atoms with Gasteiger partial charge in [0.05, 0.1) is 10.4 Å². The lowest BCUT2D eigenvalue weighted by atomic mass is 10.2. The second-order valence-corrected chi connectivity index (χ2v) is 6.94. The van der Waals surface area contributed by atoms with E-state index in [0.717, 1.165) is 23.8 Å². The van der Waals surface area contributed by atoms with E-state index in [-0.39, 0.29) is 15.8 Å². The maximum atomic E-state index is 13.3. The van der Waals surface area contributed by atoms with Crippen LogP contribution in [-0.2, 0) is 10.0 Å². The van der Waals surface area contributed by atoms with E-state index in [1.54, 1.807) is 19.1 Å². The third-order valence-corrected chi connectivity index (χ3v) is 5.29. The quantitative estimate of drug-likeness (QED) is 0.715. The Balaban J connectivity index is 2.33. The largest absolute Gasteiger partial charge is 0.279 e. The molecule has 0 saturated heterocycles. The van der Waals surface area contributed by atoms with Gasteiger partial charge in [-0.05, 0) is 43.3 Å². The molecule has 7 heteroatoms. The molecule has 0 radical (unpaired) electrons. The van der Waals surface area contributed by atoms with E-state index in [1.807, 2.05) is 0 Å². The number of halogens is 3. The second-order valence-electron chi connectivity index (χ2n) is 5.16. The van der Waals surface area contributed by atoms with Crippen LogP contribution in [0.3, 0.4) is 0 Å². The van der Waals surface area contributed by atoms with Crippen LogP contribution in [0.25, 0.3) is 10.9 Å². The third-order valence-electron chi connectivity index (χ3n) is 3.53. The van der Waals surface area contributed by atoms with Gasteiger partial charge in [0.2, 0.25) is 0 Å². The van der Waals surface area contributed by atoms with E-state index in [1.165, 1.54) is 18.2 Å². The average molecular weight is 339 g/mol. The van der Waals surface area contributed by atoms with Crippen molar-refractivity contribution in [3.05, 3.63) is 65.6 Å². The van der Waals surface area contributed by atoms with E-state index in [2.05, 4.69) is 0 Å². The summed E-state index contributed by atoms with van der Waals surface area (Å²) < 4.78 is 66.0. The van der Waals surface area contributed by atoms with E-state index < -0.39 is 28.0 Å². The minimum absolute atomic E-state index is 0.0160. The number of nitrogens with zero attached hydrogens (tertiary/aromatic N) is 1. The van der Waals surface area contributed by atoms with Gasteiger partial charge in [0.15, 0.2) is 0 Å². The Morgan fingerprint density at radius 3 is 2.26 bits per heavy atom. The van der Waals surface area contributed by atoms with Gasteiger partial charge >= 0.3 is 0 Å². The first kappa shape index (κ1) is 15.6. The van der Waals surface area contributed by atoms with E-state index in [4.69, 9.17) is 0 Å². The predicted molar refractivity (Wildman–Crippen MR) is 80.6 cm³/mol. The van der Waals surface area contributed by atoms with Gasteiger partial charge in [-0.25, -0.2) is 25.6 Å². The summed E-state index contributed by atoms with van der Waals surface area (Å²) in [4.78, 5) is -0.105. The fourth-order valence-electron chi connectivity index (χ4n) is 2.42. The molecule has 3 aromatic rings. The Hall–Kier alpha value is -2.28. The van der Waals surface area contributed by atoms with Crippen molar-refractivity contribution in [1.29, 1.82) is 0 Å². The van der Waals surface area contributed by atoms with Crippen LogP contribution in [0, 0.1) is 12.7 Å². The zero-order chi connectivity index (χ0) is 16.8. The minimum Gasteiger partial charge on any atom is -0.232 e. The highest BCUT2D eigenvalue weighted by molar-refractivity contribution is 7.90. The number of aryl methyl sites for hydroxylation is 1. The molecule has 2 aromatic carbocycles. The molecule has 23 heavy (non-hydrogen) atoms. The van der Waals surface area contributed by atoms with Crippen LogP contribution in [0.1, 0.15) is 17.7 Å². The van der Waals surface area contributed by atoms with Crippen molar-refractivity contribution in [2.75, 3.05) is 0 Å². The summed E-state index contributed by atoms with van der Waals surface area (Å²) in [5, 5.41) is 0.107. The van der Waals surface area contributed by atoms with Crippen LogP contribution in [0.15, 0.2) is 53.4 Å². The normalized spacial score (nSPS) is 12.2. The highest BCUT2D eigenvalue weighted by Crippen LogP contribution is 2.31. The Labute approximate surface area is 131 Å². The minimum atomic E-state index is -4.21. The number of benzene rings is 2. The summed E-state index contributed by atoms with van der Waals surface area (Å²) in [6.45, 7) is 1.79. The maximum absolute atomic E-state index is 13.3. The average Bonchev–Trinajstić information content (AvgIpc) is 2.87. The Morgan fingerprint density at radius 1 is 1.00 bits per heavy atom. The van der Waals surface area contributed by atoms with Gasteiger partial charge in [0.1, 0.15) is 11.5 Å². The molecular formula is C16H12F3NO2S. The smallest absolute Gasteiger partial charge is 0.232 e. The molecule has 0 N–H and O–H groups in total. The summed E-state index contributed by atoms with van der Waals surface area (Å²) in [5.41, 5.74) is 0.172. The molecule has 3 nitrogen and oxygen atoms in total. The van der Waals surface area contributed by atoms with Crippen molar-refractivity contribution in [3.8, 4) is 0 Å². The second kappa shape index (κ2) is 5.42. The molecule has 0 aliphatic heterocycles. The van der Waals surface area contributed by atoms with E-state index >= 15 is 0 Å². The molecule has 0 unspecified atom stereocenters. The maximum Gasteiger partial charge on any atom is 0.279 e. The summed E-state index contributed by atoms with van der Waals surface area (Å²) >= 11 is 0. The molecule has 1 heterocycles. The standard InChI is InChI=1S/C16H12F3NO2S/c1-10-2-5-13(6-3-10)23(21,22)20-14-7-4-12(17)8-11(14)9-15(20)16(18)19/h2-9,16H,1H3. The number of aromatic nitrogens is 1. The summed E-state index contributed by atoms with van der Waals surface area (Å²) in [5.74, 6) is -0.622. The first-order valence-corrected chi connectivity index (χ1v) is 8.16. The van der Waals surface area contributed by atoms with Crippen molar-refractivity contribution in [2.24, 2.45) is 0 Å². The number of fused-ring (bicyclic) bond motifs is 1. The van der Waals surface area contributed by atoms with Crippen LogP contribution in [0.5, 0.6) is 0 Å². The molecular weight excluding hydrogens is 327 g/mol. The first-order chi connectivity index (χ1) is 10.8. The zero-order valence-electron chi connectivity index (χ0n) is 12.0. The number of hydrogen-bond donors (Lipinski definition) is 0. The molecule has 0 bridgehead atoms. The number of rotatable bonds is 3. The fraction of sp³-hybridized carbons (Fsp3) is 0.125. The van der Waals surface area contributed by atoms with Gasteiger partial charge in [-0.3, -0.25) is 0 Å². The number of hydrogen-bond acceptors (Lipinski definition) is 2. The molecule has 0 amide bonds. The van der Waals surface area contributed by atoms with Gasteiger partial charge in [0.25, 0.3) is 16.4 Å². The van der Waals surface area contributed by atoms with Crippen molar-refractivity contribution in [3.63, 3.8) is 0 Å². The highest BCUT2D eigenvalue weighted by atomic mass is 32.2. The Kier molecular flexibility index (Phi) is 3.68. The molecule has 0 spiro atoms. The molecule has 1 aromatic heterocycles. The predicted octanol–water partition coefficient (Wildman–Crippen LogP) is 4.26. The molecule has 120 valence electrons. The van der Waals surface area contributed by atoms with Crippen LogP contribution in [-0.4, -0.2) is 12.4 Å². The van der Waals surface area contributed by atoms with Gasteiger partial charge in [-0.1, -0.05) is 17.7 Å². The Bertz CT molecular complexity index is 976. The molecule has 0 saturated carbocycles.